The van der Waals surface area contributed by atoms with Gasteiger partial charge in [0.05, 0.1) is 0 Å². The molecule has 0 aromatic heterocycles. The zero-order valence-corrected chi connectivity index (χ0v) is 13.8. The molecular weight excluding hydrogens is 278 g/mol. The van der Waals surface area contributed by atoms with Crippen LogP contribution in [0.1, 0.15) is 32.6 Å². The lowest BCUT2D eigenvalue weighted by Gasteiger charge is -2.21. The Morgan fingerprint density at radius 1 is 1.35 bits per heavy atom. The first kappa shape index (κ1) is 17.8. The summed E-state index contributed by atoms with van der Waals surface area (Å²) in [7, 11) is -0.0440. The third-order valence-corrected chi connectivity index (χ3v) is 5.42. The van der Waals surface area contributed by atoms with Crippen LogP contribution in [0.15, 0.2) is 0 Å². The predicted molar refractivity (Wildman–Crippen MR) is 80.9 cm³/mol. The Morgan fingerprint density at radius 2 is 2.05 bits per heavy atom. The first-order chi connectivity index (χ1) is 9.46. The van der Waals surface area contributed by atoms with Gasteiger partial charge in [-0.2, -0.15) is 12.7 Å². The summed E-state index contributed by atoms with van der Waals surface area (Å²) in [4.78, 5) is 0. The van der Waals surface area contributed by atoms with Crippen molar-refractivity contribution < 1.29 is 13.2 Å². The lowest BCUT2D eigenvalue weighted by Crippen LogP contribution is -2.41. The van der Waals surface area contributed by atoms with E-state index in [1.54, 1.807) is 14.2 Å². The van der Waals surface area contributed by atoms with Gasteiger partial charge in [-0.25, -0.2) is 4.72 Å². The highest BCUT2D eigenvalue weighted by molar-refractivity contribution is 7.87. The zero-order chi connectivity index (χ0) is 15.1. The molecule has 6 nitrogen and oxygen atoms in total. The fraction of sp³-hybridized carbons (Fsp3) is 1.00. The smallest absolute Gasteiger partial charge is 0.279 e. The van der Waals surface area contributed by atoms with E-state index < -0.39 is 10.2 Å². The molecule has 0 atom stereocenters. The Morgan fingerprint density at radius 3 is 2.60 bits per heavy atom. The van der Waals surface area contributed by atoms with Gasteiger partial charge < -0.3 is 10.1 Å². The maximum absolute atomic E-state index is 12.1. The largest absolute Gasteiger partial charge is 0.385 e. The minimum Gasteiger partial charge on any atom is -0.385 e. The molecule has 1 rings (SSSR count). The summed E-state index contributed by atoms with van der Waals surface area (Å²) in [5.41, 5.74) is 0.133. The van der Waals surface area contributed by atoms with E-state index in [1.165, 1.54) is 4.31 Å². The molecule has 1 saturated carbocycles. The molecule has 0 saturated heterocycles. The van der Waals surface area contributed by atoms with Crippen LogP contribution < -0.4 is 10.0 Å². The Hall–Kier alpha value is -0.210. The highest BCUT2D eigenvalue weighted by atomic mass is 32.2. The summed E-state index contributed by atoms with van der Waals surface area (Å²) < 4.78 is 33.4. The van der Waals surface area contributed by atoms with E-state index in [2.05, 4.69) is 10.0 Å². The molecule has 0 aromatic carbocycles. The number of hydrogen-bond donors (Lipinski definition) is 2. The second kappa shape index (κ2) is 8.29. The van der Waals surface area contributed by atoms with Crippen molar-refractivity contribution in [1.82, 2.24) is 14.3 Å². The van der Waals surface area contributed by atoms with E-state index >= 15 is 0 Å². The zero-order valence-electron chi connectivity index (χ0n) is 12.9. The summed E-state index contributed by atoms with van der Waals surface area (Å²) >= 11 is 0. The number of rotatable bonds is 12. The van der Waals surface area contributed by atoms with Crippen LogP contribution in [0.3, 0.4) is 0 Å². The number of nitrogens with zero attached hydrogens (tertiary/aromatic N) is 1. The van der Waals surface area contributed by atoms with Crippen molar-refractivity contribution in [2.24, 2.45) is 5.41 Å². The average Bonchev–Trinajstić information content (AvgIpc) is 3.20. The summed E-state index contributed by atoms with van der Waals surface area (Å²) in [6.45, 7) is 5.55. The van der Waals surface area contributed by atoms with E-state index in [0.29, 0.717) is 19.7 Å². The van der Waals surface area contributed by atoms with Crippen LogP contribution in [0.4, 0.5) is 0 Å². The highest BCUT2D eigenvalue weighted by Gasteiger charge is 2.42. The molecule has 0 amide bonds. The van der Waals surface area contributed by atoms with Gasteiger partial charge in [-0.1, -0.05) is 6.92 Å². The van der Waals surface area contributed by atoms with E-state index in [1.807, 2.05) is 6.92 Å². The lowest BCUT2D eigenvalue weighted by molar-refractivity contribution is 0.172. The van der Waals surface area contributed by atoms with Crippen LogP contribution in [0.25, 0.3) is 0 Å². The topological polar surface area (TPSA) is 70.7 Å². The summed E-state index contributed by atoms with van der Waals surface area (Å²) in [5.74, 6) is 0. The van der Waals surface area contributed by atoms with Gasteiger partial charge in [0.25, 0.3) is 10.2 Å². The molecule has 0 bridgehead atoms. The molecule has 0 spiro atoms. The van der Waals surface area contributed by atoms with Gasteiger partial charge in [-0.05, 0) is 44.2 Å². The molecule has 1 aliphatic carbocycles. The highest BCUT2D eigenvalue weighted by Crippen LogP contribution is 2.48. The van der Waals surface area contributed by atoms with Crippen LogP contribution in [0.5, 0.6) is 0 Å². The molecule has 0 heterocycles. The average molecular weight is 307 g/mol. The molecule has 0 aliphatic heterocycles. The molecule has 20 heavy (non-hydrogen) atoms. The van der Waals surface area contributed by atoms with Crippen molar-refractivity contribution in [3.63, 3.8) is 0 Å². The predicted octanol–water partition coefficient (Wildman–Crippen LogP) is 0.569. The van der Waals surface area contributed by atoms with Gasteiger partial charge >= 0.3 is 0 Å². The van der Waals surface area contributed by atoms with Gasteiger partial charge in [-0.3, -0.25) is 0 Å². The van der Waals surface area contributed by atoms with Gasteiger partial charge in [0.1, 0.15) is 0 Å². The summed E-state index contributed by atoms with van der Waals surface area (Å²) in [6.07, 6.45) is 3.92. The van der Waals surface area contributed by atoms with Crippen LogP contribution in [-0.4, -0.2) is 59.7 Å². The molecule has 2 N–H and O–H groups in total. The van der Waals surface area contributed by atoms with Gasteiger partial charge in [0.15, 0.2) is 0 Å². The van der Waals surface area contributed by atoms with Crippen molar-refractivity contribution in [2.45, 2.75) is 32.6 Å². The molecule has 0 unspecified atom stereocenters. The number of nitrogens with one attached hydrogen (secondary N) is 2. The van der Waals surface area contributed by atoms with Gasteiger partial charge in [-0.15, -0.1) is 0 Å². The lowest BCUT2D eigenvalue weighted by atomic mass is 10.0. The van der Waals surface area contributed by atoms with Crippen molar-refractivity contribution in [2.75, 3.05) is 46.9 Å². The van der Waals surface area contributed by atoms with E-state index in [9.17, 15) is 8.42 Å². The summed E-state index contributed by atoms with van der Waals surface area (Å²) in [6, 6.07) is 0. The second-order valence-electron chi connectivity index (χ2n) is 5.60. The third-order valence-electron chi connectivity index (χ3n) is 3.91. The molecule has 0 aromatic rings. The first-order valence-corrected chi connectivity index (χ1v) is 8.80. The maximum Gasteiger partial charge on any atom is 0.279 e. The van der Waals surface area contributed by atoms with E-state index in [-0.39, 0.29) is 5.41 Å². The van der Waals surface area contributed by atoms with Crippen molar-refractivity contribution in [3.05, 3.63) is 0 Å². The number of hydrogen-bond acceptors (Lipinski definition) is 4. The van der Waals surface area contributed by atoms with Gasteiger partial charge in [0, 0.05) is 33.9 Å². The number of ether oxygens (including phenoxy) is 1. The molecule has 120 valence electrons. The maximum atomic E-state index is 12.1. The summed E-state index contributed by atoms with van der Waals surface area (Å²) in [5, 5.41) is 3.19. The normalized spacial score (nSPS) is 17.6. The quantitative estimate of drug-likeness (QED) is 0.517. The molecule has 0 radical (unpaired) electrons. The van der Waals surface area contributed by atoms with Crippen LogP contribution in [-0.2, 0) is 14.9 Å². The SMILES string of the molecule is CCNCCCN(C)S(=O)(=O)NCC1(CCOC)CC1. The van der Waals surface area contributed by atoms with Crippen molar-refractivity contribution in [1.29, 1.82) is 0 Å². The molecule has 7 heteroatoms. The van der Waals surface area contributed by atoms with E-state index in [0.717, 1.165) is 38.8 Å². The minimum absolute atomic E-state index is 0.133. The fourth-order valence-electron chi connectivity index (χ4n) is 2.09. The van der Waals surface area contributed by atoms with E-state index in [4.69, 9.17) is 4.74 Å². The van der Waals surface area contributed by atoms with Gasteiger partial charge in [0.2, 0.25) is 0 Å². The fourth-order valence-corrected chi connectivity index (χ4v) is 3.17. The Labute approximate surface area is 123 Å². The molecule has 1 aliphatic rings. The first-order valence-electron chi connectivity index (χ1n) is 7.36. The van der Waals surface area contributed by atoms with Crippen molar-refractivity contribution >= 4 is 10.2 Å². The standard InChI is InChI=1S/C13H29N3O3S/c1-4-14-9-5-10-16(2)20(17,18)15-12-13(6-7-13)8-11-19-3/h14-15H,4-12H2,1-3H3. The second-order valence-corrected chi connectivity index (χ2v) is 7.46. The molecule has 1 fully saturated rings. The third kappa shape index (κ3) is 6.05. The van der Waals surface area contributed by atoms with Crippen LogP contribution in [0, 0.1) is 5.41 Å². The minimum atomic E-state index is -3.35. The monoisotopic (exact) mass is 307 g/mol. The Kier molecular flexibility index (Phi) is 7.39. The molecular formula is C13H29N3O3S. The Balaban J connectivity index is 2.29. The van der Waals surface area contributed by atoms with Crippen molar-refractivity contribution in [3.8, 4) is 0 Å². The van der Waals surface area contributed by atoms with Crippen LogP contribution >= 0.6 is 0 Å². The number of methoxy groups -OCH3 is 1. The van der Waals surface area contributed by atoms with Crippen LogP contribution in [0.2, 0.25) is 0 Å². The Bertz CT molecular complexity index is 369.